The lowest BCUT2D eigenvalue weighted by atomic mass is 10.1. The van der Waals surface area contributed by atoms with Crippen molar-refractivity contribution in [1.82, 2.24) is 0 Å². The molecule has 1 aromatic carbocycles. The lowest BCUT2D eigenvalue weighted by molar-refractivity contribution is 0.221. The van der Waals surface area contributed by atoms with E-state index in [1.807, 2.05) is 30.5 Å². The van der Waals surface area contributed by atoms with Crippen LogP contribution in [0.2, 0.25) is 5.02 Å². The molecule has 0 fully saturated rings. The van der Waals surface area contributed by atoms with Gasteiger partial charge in [-0.1, -0.05) is 29.8 Å². The van der Waals surface area contributed by atoms with Gasteiger partial charge in [-0.3, -0.25) is 0 Å². The first-order chi connectivity index (χ1) is 8.13. The summed E-state index contributed by atoms with van der Waals surface area (Å²) in [5, 5.41) is 11.0. The van der Waals surface area contributed by atoms with E-state index in [0.717, 1.165) is 19.1 Å². The third-order valence-corrected chi connectivity index (χ3v) is 5.71. The summed E-state index contributed by atoms with van der Waals surface area (Å²) in [5.41, 5.74) is 0.922. The van der Waals surface area contributed by atoms with E-state index in [-0.39, 0.29) is 0 Å². The van der Waals surface area contributed by atoms with E-state index in [2.05, 4.69) is 15.9 Å². The summed E-state index contributed by atoms with van der Waals surface area (Å²) in [4.78, 5) is 1.93. The largest absolute Gasteiger partial charge is 0.383 e. The van der Waals surface area contributed by atoms with Crippen molar-refractivity contribution in [2.24, 2.45) is 0 Å². The Kier molecular flexibility index (Phi) is 4.55. The fourth-order valence-electron chi connectivity index (χ4n) is 1.54. The molecule has 0 amide bonds. The van der Waals surface area contributed by atoms with Crippen LogP contribution in [-0.4, -0.2) is 11.4 Å². The van der Waals surface area contributed by atoms with Crippen LogP contribution in [0, 0.1) is 0 Å². The molecule has 90 valence electrons. The maximum atomic E-state index is 10.4. The fourth-order valence-corrected chi connectivity index (χ4v) is 3.93. The number of hydrogen-bond acceptors (Lipinski definition) is 3. The molecule has 1 aromatic heterocycles. The van der Waals surface area contributed by atoms with Crippen LogP contribution >= 0.6 is 50.6 Å². The quantitative estimate of drug-likeness (QED) is 0.790. The normalized spacial score (nSPS) is 12.7. The van der Waals surface area contributed by atoms with Crippen LogP contribution in [0.1, 0.15) is 16.5 Å². The molecule has 0 saturated carbocycles. The van der Waals surface area contributed by atoms with Crippen molar-refractivity contribution >= 4 is 50.6 Å². The Balaban J connectivity index is 2.39. The van der Waals surface area contributed by atoms with Crippen LogP contribution in [0.15, 0.2) is 39.0 Å². The molecule has 0 spiro atoms. The highest BCUT2D eigenvalue weighted by molar-refractivity contribution is 9.11. The van der Waals surface area contributed by atoms with E-state index in [1.165, 1.54) is 11.3 Å². The van der Waals surface area contributed by atoms with Crippen LogP contribution in [0.3, 0.4) is 0 Å². The molecule has 0 aliphatic carbocycles. The van der Waals surface area contributed by atoms with Gasteiger partial charge < -0.3 is 5.11 Å². The van der Waals surface area contributed by atoms with Crippen LogP contribution in [0.4, 0.5) is 0 Å². The number of thioether (sulfide) groups is 1. The van der Waals surface area contributed by atoms with Gasteiger partial charge in [0.15, 0.2) is 0 Å². The molecule has 2 rings (SSSR count). The first-order valence-corrected chi connectivity index (χ1v) is 8.10. The number of thiophene rings is 1. The summed E-state index contributed by atoms with van der Waals surface area (Å²) in [7, 11) is 0. The SMILES string of the molecule is CSc1ccccc1C(O)c1cc(Cl)c(Br)s1. The number of aliphatic hydroxyl groups excluding tert-OH is 1. The second-order valence-electron chi connectivity index (χ2n) is 3.41. The molecule has 0 saturated heterocycles. The molecule has 17 heavy (non-hydrogen) atoms. The zero-order chi connectivity index (χ0) is 12.4. The Morgan fingerprint density at radius 2 is 2.12 bits per heavy atom. The van der Waals surface area contributed by atoms with E-state index in [4.69, 9.17) is 11.6 Å². The van der Waals surface area contributed by atoms with Gasteiger partial charge in [-0.15, -0.1) is 23.1 Å². The summed E-state index contributed by atoms with van der Waals surface area (Å²) in [6.45, 7) is 0. The molecular weight excluding hydrogens is 340 g/mol. The third kappa shape index (κ3) is 2.88. The van der Waals surface area contributed by atoms with Crippen LogP contribution < -0.4 is 0 Å². The molecule has 1 atom stereocenters. The minimum atomic E-state index is -0.618. The number of aliphatic hydroxyl groups is 1. The van der Waals surface area contributed by atoms with Gasteiger partial charge in [-0.2, -0.15) is 0 Å². The predicted molar refractivity (Wildman–Crippen MR) is 79.3 cm³/mol. The van der Waals surface area contributed by atoms with Crippen LogP contribution in [0.25, 0.3) is 0 Å². The van der Waals surface area contributed by atoms with Crippen molar-refractivity contribution in [3.05, 3.63) is 49.6 Å². The Labute approximate surface area is 122 Å². The van der Waals surface area contributed by atoms with Gasteiger partial charge in [0.25, 0.3) is 0 Å². The molecule has 1 N–H and O–H groups in total. The van der Waals surface area contributed by atoms with Crippen molar-refractivity contribution in [3.8, 4) is 0 Å². The average Bonchev–Trinajstić information content (AvgIpc) is 2.68. The van der Waals surface area contributed by atoms with Crippen molar-refractivity contribution in [2.45, 2.75) is 11.0 Å². The topological polar surface area (TPSA) is 20.2 Å². The van der Waals surface area contributed by atoms with Crippen LogP contribution in [0.5, 0.6) is 0 Å². The maximum Gasteiger partial charge on any atom is 0.114 e. The van der Waals surface area contributed by atoms with Crippen molar-refractivity contribution in [1.29, 1.82) is 0 Å². The molecule has 5 heteroatoms. The van der Waals surface area contributed by atoms with Gasteiger partial charge in [0.1, 0.15) is 6.10 Å². The van der Waals surface area contributed by atoms with Gasteiger partial charge in [0.2, 0.25) is 0 Å². The average molecular weight is 350 g/mol. The lowest BCUT2D eigenvalue weighted by Crippen LogP contribution is -1.98. The van der Waals surface area contributed by atoms with E-state index < -0.39 is 6.10 Å². The first kappa shape index (κ1) is 13.4. The van der Waals surface area contributed by atoms with E-state index in [1.54, 1.807) is 17.8 Å². The summed E-state index contributed by atoms with van der Waals surface area (Å²) < 4.78 is 0.856. The number of benzene rings is 1. The second kappa shape index (κ2) is 5.76. The number of hydrogen-bond donors (Lipinski definition) is 1. The highest BCUT2D eigenvalue weighted by Crippen LogP contribution is 2.39. The second-order valence-corrected chi connectivity index (χ2v) is 7.07. The zero-order valence-corrected chi connectivity index (χ0v) is 13.0. The number of halogens is 2. The molecule has 2 aromatic rings. The molecule has 0 aliphatic heterocycles. The summed E-state index contributed by atoms with van der Waals surface area (Å²) in [6, 6.07) is 9.66. The van der Waals surface area contributed by atoms with E-state index in [0.29, 0.717) is 5.02 Å². The Morgan fingerprint density at radius 1 is 1.41 bits per heavy atom. The Bertz CT molecular complexity index is 507. The molecule has 0 aliphatic rings. The van der Waals surface area contributed by atoms with Gasteiger partial charge in [0, 0.05) is 9.77 Å². The van der Waals surface area contributed by atoms with E-state index >= 15 is 0 Å². The molecule has 1 heterocycles. The fraction of sp³-hybridized carbons (Fsp3) is 0.167. The standard InChI is InChI=1S/C12H10BrClOS2/c1-16-9-5-3-2-4-7(9)11(15)10-6-8(14)12(13)17-10/h2-6,11,15H,1H3. The van der Waals surface area contributed by atoms with Crippen molar-refractivity contribution < 1.29 is 5.11 Å². The van der Waals surface area contributed by atoms with Gasteiger partial charge >= 0.3 is 0 Å². The zero-order valence-electron chi connectivity index (χ0n) is 8.98. The van der Waals surface area contributed by atoms with Crippen LogP contribution in [-0.2, 0) is 0 Å². The molecule has 0 radical (unpaired) electrons. The molecule has 1 unspecified atom stereocenters. The van der Waals surface area contributed by atoms with Gasteiger partial charge in [-0.05, 0) is 39.9 Å². The minimum absolute atomic E-state index is 0.618. The van der Waals surface area contributed by atoms with Gasteiger partial charge in [-0.25, -0.2) is 0 Å². The predicted octanol–water partition coefficient (Wildman–Crippen LogP) is 4.97. The highest BCUT2D eigenvalue weighted by Gasteiger charge is 2.17. The van der Waals surface area contributed by atoms with Crippen molar-refractivity contribution in [3.63, 3.8) is 0 Å². The monoisotopic (exact) mass is 348 g/mol. The summed E-state index contributed by atoms with van der Waals surface area (Å²) in [6.07, 6.45) is 1.38. The summed E-state index contributed by atoms with van der Waals surface area (Å²) in [5.74, 6) is 0. The van der Waals surface area contributed by atoms with Crippen molar-refractivity contribution in [2.75, 3.05) is 6.26 Å². The molecule has 1 nitrogen and oxygen atoms in total. The Hall–Kier alpha value is -0.0000000000000000833. The third-order valence-electron chi connectivity index (χ3n) is 2.37. The minimum Gasteiger partial charge on any atom is -0.383 e. The smallest absolute Gasteiger partial charge is 0.114 e. The Morgan fingerprint density at radius 3 is 2.71 bits per heavy atom. The highest BCUT2D eigenvalue weighted by atomic mass is 79.9. The van der Waals surface area contributed by atoms with Gasteiger partial charge in [0.05, 0.1) is 8.81 Å². The first-order valence-electron chi connectivity index (χ1n) is 4.89. The molecular formula is C12H10BrClOS2. The van der Waals surface area contributed by atoms with E-state index in [9.17, 15) is 5.11 Å². The number of rotatable bonds is 3. The summed E-state index contributed by atoms with van der Waals surface area (Å²) >= 11 is 12.4. The molecule has 0 bridgehead atoms. The lowest BCUT2D eigenvalue weighted by Gasteiger charge is -2.12. The maximum absolute atomic E-state index is 10.4.